The Hall–Kier alpha value is -3.31. The fourth-order valence-electron chi connectivity index (χ4n) is 6.06. The molecule has 3 aromatic rings. The molecule has 0 saturated heterocycles. The van der Waals surface area contributed by atoms with Gasteiger partial charge in [0.1, 0.15) is 24.3 Å². The van der Waals surface area contributed by atoms with E-state index in [0.29, 0.717) is 36.6 Å². The van der Waals surface area contributed by atoms with Crippen molar-refractivity contribution in [3.05, 3.63) is 47.2 Å². The molecule has 43 heavy (non-hydrogen) atoms. The van der Waals surface area contributed by atoms with Crippen LogP contribution in [0.4, 0.5) is 5.82 Å². The maximum Gasteiger partial charge on any atom is 0.270 e. The van der Waals surface area contributed by atoms with E-state index in [0.717, 1.165) is 66.5 Å². The molecule has 2 amide bonds. The number of carbonyl (C=O) groups excluding carboxylic acids is 2. The van der Waals surface area contributed by atoms with Gasteiger partial charge in [-0.1, -0.05) is 19.6 Å². The second-order valence-electron chi connectivity index (χ2n) is 13.4. The molecule has 3 aromatic heterocycles. The number of ether oxygens (including phenoxy) is 1. The van der Waals surface area contributed by atoms with Gasteiger partial charge in [-0.05, 0) is 95.4 Å². The van der Waals surface area contributed by atoms with E-state index >= 15 is 0 Å². The van der Waals surface area contributed by atoms with Crippen molar-refractivity contribution in [3.63, 3.8) is 0 Å². The predicted molar refractivity (Wildman–Crippen MR) is 170 cm³/mol. The summed E-state index contributed by atoms with van der Waals surface area (Å²) >= 11 is 0. The number of aromatic nitrogens is 5. The molecule has 0 bridgehead atoms. The van der Waals surface area contributed by atoms with E-state index < -0.39 is 14.1 Å². The lowest BCUT2D eigenvalue weighted by Crippen LogP contribution is -2.50. The van der Waals surface area contributed by atoms with Gasteiger partial charge in [-0.3, -0.25) is 14.3 Å². The highest BCUT2D eigenvalue weighted by Crippen LogP contribution is 2.51. The number of hydrogen-bond acceptors (Lipinski definition) is 6. The van der Waals surface area contributed by atoms with Crippen LogP contribution in [0.25, 0.3) is 11.1 Å². The second kappa shape index (κ2) is 12.7. The Labute approximate surface area is 256 Å². The number of pyridine rings is 1. The van der Waals surface area contributed by atoms with Gasteiger partial charge in [-0.2, -0.15) is 10.2 Å². The van der Waals surface area contributed by atoms with E-state index in [2.05, 4.69) is 42.3 Å². The first-order valence-electron chi connectivity index (χ1n) is 15.7. The molecule has 1 atom stereocenters. The van der Waals surface area contributed by atoms with Crippen LogP contribution in [0.1, 0.15) is 60.2 Å². The Kier molecular flexibility index (Phi) is 9.22. The van der Waals surface area contributed by atoms with Gasteiger partial charge in [0.05, 0.1) is 5.69 Å². The average molecular weight is 606 g/mol. The summed E-state index contributed by atoms with van der Waals surface area (Å²) in [5, 5.41) is 15.1. The quantitative estimate of drug-likeness (QED) is 0.183. The van der Waals surface area contributed by atoms with Crippen LogP contribution in [0.3, 0.4) is 0 Å². The van der Waals surface area contributed by atoms with Crippen molar-refractivity contribution in [1.29, 1.82) is 0 Å². The molecule has 2 saturated carbocycles. The van der Waals surface area contributed by atoms with Gasteiger partial charge < -0.3 is 15.4 Å². The highest BCUT2D eigenvalue weighted by molar-refractivity contribution is 6.76. The molecule has 0 aromatic carbocycles. The van der Waals surface area contributed by atoms with Crippen LogP contribution in [-0.2, 0) is 22.8 Å². The van der Waals surface area contributed by atoms with Gasteiger partial charge in [-0.25, -0.2) is 9.67 Å². The Bertz CT molecular complexity index is 1450. The van der Waals surface area contributed by atoms with Gasteiger partial charge >= 0.3 is 0 Å². The minimum atomic E-state index is -1.15. The molecule has 0 aliphatic heterocycles. The van der Waals surface area contributed by atoms with Crippen molar-refractivity contribution >= 4 is 25.7 Å². The number of nitrogens with zero attached hydrogens (tertiary/aromatic N) is 5. The first kappa shape index (κ1) is 31.1. The zero-order chi connectivity index (χ0) is 30.9. The molecule has 3 heterocycles. The zero-order valence-electron chi connectivity index (χ0n) is 26.7. The first-order chi connectivity index (χ1) is 20.5. The third-order valence-corrected chi connectivity index (χ3v) is 10.4. The summed E-state index contributed by atoms with van der Waals surface area (Å²) in [4.78, 5) is 31.9. The lowest BCUT2D eigenvalue weighted by molar-refractivity contribution is -0.119. The van der Waals surface area contributed by atoms with E-state index in [-0.39, 0.29) is 17.7 Å². The molecule has 5 rings (SSSR count). The minimum Gasteiger partial charge on any atom is -0.360 e. The summed E-state index contributed by atoms with van der Waals surface area (Å²) in [7, 11) is -1.15. The highest BCUT2D eigenvalue weighted by atomic mass is 28.3. The number of nitrogens with one attached hydrogen (secondary N) is 2. The predicted octanol–water partition coefficient (Wildman–Crippen LogP) is 5.57. The van der Waals surface area contributed by atoms with Crippen LogP contribution in [0.5, 0.6) is 0 Å². The summed E-state index contributed by atoms with van der Waals surface area (Å²) in [5.74, 6) is 1.07. The summed E-state index contributed by atoms with van der Waals surface area (Å²) in [6.07, 6.45) is 6.05. The second-order valence-corrected chi connectivity index (χ2v) is 19.1. The van der Waals surface area contributed by atoms with Crippen LogP contribution >= 0.6 is 0 Å². The third-order valence-electron chi connectivity index (χ3n) is 8.73. The van der Waals surface area contributed by atoms with Gasteiger partial charge in [-0.15, -0.1) is 0 Å². The molecule has 1 unspecified atom stereocenters. The molecule has 2 aliphatic rings. The van der Waals surface area contributed by atoms with Crippen LogP contribution in [0, 0.1) is 38.5 Å². The molecule has 0 spiro atoms. The van der Waals surface area contributed by atoms with E-state index in [4.69, 9.17) is 14.8 Å². The normalized spacial score (nSPS) is 16.0. The van der Waals surface area contributed by atoms with E-state index in [1.54, 1.807) is 16.9 Å². The number of carbonyl (C=O) groups is 2. The molecule has 2 aliphatic carbocycles. The van der Waals surface area contributed by atoms with Gasteiger partial charge in [0.15, 0.2) is 0 Å². The number of rotatable bonds is 14. The van der Waals surface area contributed by atoms with Crippen molar-refractivity contribution in [2.45, 2.75) is 98.4 Å². The van der Waals surface area contributed by atoms with E-state index in [9.17, 15) is 9.59 Å². The maximum absolute atomic E-state index is 13.8. The Morgan fingerprint density at radius 2 is 1.72 bits per heavy atom. The number of aryl methyl sites for hydroxylation is 3. The van der Waals surface area contributed by atoms with Crippen molar-refractivity contribution in [2.75, 3.05) is 11.9 Å². The molecule has 2 N–H and O–H groups in total. The summed E-state index contributed by atoms with van der Waals surface area (Å²) in [5.41, 5.74) is 5.23. The molecule has 232 valence electrons. The number of anilines is 1. The fraction of sp³-hybridized carbons (Fsp3) is 0.594. The van der Waals surface area contributed by atoms with Crippen molar-refractivity contribution in [3.8, 4) is 11.1 Å². The average Bonchev–Trinajstić information content (AvgIpc) is 3.88. The smallest absolute Gasteiger partial charge is 0.270 e. The van der Waals surface area contributed by atoms with Gasteiger partial charge in [0, 0.05) is 49.9 Å². The molecule has 10 nitrogen and oxygen atoms in total. The lowest BCUT2D eigenvalue weighted by Gasteiger charge is -2.27. The monoisotopic (exact) mass is 605 g/mol. The van der Waals surface area contributed by atoms with E-state index in [1.165, 1.54) is 0 Å². The standard InChI is InChI=1S/C32H47N7O3Si/c1-8-38-26(15-16-33-38)31(40)36-30(29(23-9-10-23)24-11-12-24)32(41)35-27-14-13-25(20(2)34-27)28-21(3)37-39(22(28)4)19-42-17-18-43(5,6)7/h13-16,23-24,29-30H,8-12,17-19H2,1-7H3,(H,36,40)(H,34,35,41). The largest absolute Gasteiger partial charge is 0.360 e. The molecular weight excluding hydrogens is 558 g/mol. The molecule has 11 heteroatoms. The third kappa shape index (κ3) is 7.43. The maximum atomic E-state index is 13.8. The van der Waals surface area contributed by atoms with Crippen LogP contribution in [0.2, 0.25) is 25.7 Å². The fourth-order valence-corrected chi connectivity index (χ4v) is 6.82. The SMILES string of the molecule is CCn1nccc1C(=O)NC(C(=O)Nc1ccc(-c2c(C)nn(COCC[Si](C)(C)C)c2C)c(C)n1)C(C1CC1)C1CC1. The summed E-state index contributed by atoms with van der Waals surface area (Å²) < 4.78 is 9.53. The Morgan fingerprint density at radius 3 is 2.33 bits per heavy atom. The lowest BCUT2D eigenvalue weighted by atomic mass is 9.88. The Balaban J connectivity index is 1.31. The van der Waals surface area contributed by atoms with Crippen LogP contribution in [0.15, 0.2) is 24.4 Å². The minimum absolute atomic E-state index is 0.131. The summed E-state index contributed by atoms with van der Waals surface area (Å²) in [6, 6.07) is 6.03. The number of hydrogen-bond donors (Lipinski definition) is 2. The molecule has 0 radical (unpaired) electrons. The van der Waals surface area contributed by atoms with Gasteiger partial charge in [0.2, 0.25) is 5.91 Å². The van der Waals surface area contributed by atoms with Gasteiger partial charge in [0.25, 0.3) is 5.91 Å². The highest BCUT2D eigenvalue weighted by Gasteiger charge is 2.48. The zero-order valence-corrected chi connectivity index (χ0v) is 27.7. The van der Waals surface area contributed by atoms with Crippen molar-refractivity contribution in [1.82, 2.24) is 29.9 Å². The van der Waals surface area contributed by atoms with Crippen molar-refractivity contribution < 1.29 is 14.3 Å². The first-order valence-corrected chi connectivity index (χ1v) is 19.4. The Morgan fingerprint density at radius 1 is 1.02 bits per heavy atom. The van der Waals surface area contributed by atoms with Crippen LogP contribution in [-0.4, -0.2) is 57.1 Å². The molecular formula is C32H47N7O3Si. The topological polar surface area (TPSA) is 116 Å². The summed E-state index contributed by atoms with van der Waals surface area (Å²) in [6.45, 7) is 16.7. The molecule has 2 fully saturated rings. The van der Waals surface area contributed by atoms with Crippen molar-refractivity contribution in [2.24, 2.45) is 17.8 Å². The number of amides is 2. The van der Waals surface area contributed by atoms with Crippen LogP contribution < -0.4 is 10.6 Å². The van der Waals surface area contributed by atoms with E-state index in [1.807, 2.05) is 37.6 Å².